The van der Waals surface area contributed by atoms with E-state index >= 15 is 0 Å². The molecule has 6 nitrogen and oxygen atoms in total. The highest BCUT2D eigenvalue weighted by molar-refractivity contribution is 8.77. The van der Waals surface area contributed by atoms with E-state index in [1.807, 2.05) is 50.8 Å². The quantitative estimate of drug-likeness (QED) is 0.504. The van der Waals surface area contributed by atoms with Gasteiger partial charge in [0.25, 0.3) is 5.91 Å². The van der Waals surface area contributed by atoms with Gasteiger partial charge in [-0.1, -0.05) is 40.1 Å². The van der Waals surface area contributed by atoms with Gasteiger partial charge in [0.15, 0.2) is 11.5 Å². The Labute approximate surface area is 180 Å². The normalized spacial score (nSPS) is 23.9. The molecule has 0 aliphatic carbocycles. The Kier molecular flexibility index (Phi) is 7.13. The van der Waals surface area contributed by atoms with Gasteiger partial charge in [-0.15, -0.1) is 0 Å². The minimum Gasteiger partial charge on any atom is -0.485 e. The summed E-state index contributed by atoms with van der Waals surface area (Å²) >= 11 is 0. The van der Waals surface area contributed by atoms with Crippen LogP contribution in [0.25, 0.3) is 0 Å². The molecule has 1 unspecified atom stereocenters. The van der Waals surface area contributed by atoms with Crippen molar-refractivity contribution in [2.24, 2.45) is 0 Å². The fraction of sp³-hybridized carbons (Fsp3) is 0.619. The third-order valence-corrected chi connectivity index (χ3v) is 8.63. The number of nitrogens with zero attached hydrogens (tertiary/aromatic N) is 2. The number of rotatable bonds is 6. The van der Waals surface area contributed by atoms with Crippen LogP contribution in [0.1, 0.15) is 32.1 Å². The Bertz CT molecular complexity index is 718. The predicted molar refractivity (Wildman–Crippen MR) is 116 cm³/mol. The molecule has 0 aromatic heterocycles. The zero-order valence-electron chi connectivity index (χ0n) is 16.6. The summed E-state index contributed by atoms with van der Waals surface area (Å²) in [7, 11) is 3.98. The summed E-state index contributed by atoms with van der Waals surface area (Å²) in [6.45, 7) is 2.55. The zero-order valence-corrected chi connectivity index (χ0v) is 18.2. The van der Waals surface area contributed by atoms with Gasteiger partial charge in [0, 0.05) is 43.6 Å². The summed E-state index contributed by atoms with van der Waals surface area (Å²) in [5.74, 6) is 2.72. The summed E-state index contributed by atoms with van der Waals surface area (Å²) in [5.41, 5.74) is 0. The molecule has 2 amide bonds. The Morgan fingerprint density at radius 1 is 1.03 bits per heavy atom. The number of amides is 2. The van der Waals surface area contributed by atoms with Gasteiger partial charge in [-0.2, -0.15) is 0 Å². The van der Waals surface area contributed by atoms with E-state index in [0.717, 1.165) is 18.1 Å². The standard InChI is InChI=1S/C21H28N2O4S2/c24-20(8-4-1-5-16-9-14-28-29-16)22-10-12-23(13-11-22)21(25)19-15-26-17-6-2-3-7-18(17)27-19/h2-3,6-7,16,19H,1,4-5,8-15H2/t16-,19?/m1/s1. The van der Waals surface area contributed by atoms with Crippen molar-refractivity contribution in [3.05, 3.63) is 24.3 Å². The molecule has 2 saturated heterocycles. The number of hydrogen-bond donors (Lipinski definition) is 0. The second kappa shape index (κ2) is 9.98. The molecule has 0 bridgehead atoms. The average molecular weight is 437 g/mol. The van der Waals surface area contributed by atoms with Crippen molar-refractivity contribution < 1.29 is 19.1 Å². The highest BCUT2D eigenvalue weighted by Gasteiger charge is 2.33. The second-order valence-corrected chi connectivity index (χ2v) is 10.4. The van der Waals surface area contributed by atoms with Gasteiger partial charge in [0.1, 0.15) is 6.61 Å². The van der Waals surface area contributed by atoms with Crippen molar-refractivity contribution in [1.29, 1.82) is 0 Å². The molecule has 1 aromatic carbocycles. The Morgan fingerprint density at radius 3 is 2.55 bits per heavy atom. The molecule has 4 rings (SSSR count). The number of piperazine rings is 1. The molecule has 0 radical (unpaired) electrons. The molecular weight excluding hydrogens is 408 g/mol. The number of benzene rings is 1. The number of para-hydroxylation sites is 2. The fourth-order valence-electron chi connectivity index (χ4n) is 3.89. The molecule has 2 fully saturated rings. The van der Waals surface area contributed by atoms with E-state index in [1.54, 1.807) is 4.90 Å². The van der Waals surface area contributed by atoms with Crippen LogP contribution < -0.4 is 9.47 Å². The number of carbonyl (C=O) groups is 2. The monoisotopic (exact) mass is 436 g/mol. The number of ether oxygens (including phenoxy) is 2. The van der Waals surface area contributed by atoms with Crippen molar-refractivity contribution >= 4 is 33.4 Å². The van der Waals surface area contributed by atoms with E-state index < -0.39 is 6.10 Å². The smallest absolute Gasteiger partial charge is 0.267 e. The predicted octanol–water partition coefficient (Wildman–Crippen LogP) is 3.21. The molecule has 1 aromatic rings. The highest BCUT2D eigenvalue weighted by atomic mass is 33.1. The lowest BCUT2D eigenvalue weighted by Gasteiger charge is -2.37. The molecule has 8 heteroatoms. The summed E-state index contributed by atoms with van der Waals surface area (Å²) in [4.78, 5) is 29.0. The van der Waals surface area contributed by atoms with Gasteiger partial charge >= 0.3 is 0 Å². The van der Waals surface area contributed by atoms with Crippen molar-refractivity contribution in [3.63, 3.8) is 0 Å². The molecule has 0 saturated carbocycles. The fourth-order valence-corrected chi connectivity index (χ4v) is 6.92. The minimum atomic E-state index is -0.612. The highest BCUT2D eigenvalue weighted by Crippen LogP contribution is 2.40. The maximum Gasteiger partial charge on any atom is 0.267 e. The first kappa shape index (κ1) is 20.7. The van der Waals surface area contributed by atoms with E-state index in [-0.39, 0.29) is 18.4 Å². The van der Waals surface area contributed by atoms with Crippen LogP contribution in [0.3, 0.4) is 0 Å². The summed E-state index contributed by atoms with van der Waals surface area (Å²) in [5, 5.41) is 0.780. The zero-order chi connectivity index (χ0) is 20.1. The molecule has 2 atom stereocenters. The minimum absolute atomic E-state index is 0.0569. The van der Waals surface area contributed by atoms with Crippen LogP contribution in [0.4, 0.5) is 0 Å². The van der Waals surface area contributed by atoms with Crippen molar-refractivity contribution in [2.75, 3.05) is 38.5 Å². The lowest BCUT2D eigenvalue weighted by Crippen LogP contribution is -2.55. The Balaban J connectivity index is 1.17. The van der Waals surface area contributed by atoms with Gasteiger partial charge < -0.3 is 19.3 Å². The van der Waals surface area contributed by atoms with Crippen LogP contribution in [-0.4, -0.2) is 71.5 Å². The Hall–Kier alpha value is -1.54. The summed E-state index contributed by atoms with van der Waals surface area (Å²) in [6.07, 6.45) is 4.63. The molecule has 3 aliphatic heterocycles. The van der Waals surface area contributed by atoms with Gasteiger partial charge in [0.2, 0.25) is 12.0 Å². The van der Waals surface area contributed by atoms with Crippen LogP contribution in [0.15, 0.2) is 24.3 Å². The van der Waals surface area contributed by atoms with Gasteiger partial charge in [-0.3, -0.25) is 9.59 Å². The number of fused-ring (bicyclic) bond motifs is 1. The van der Waals surface area contributed by atoms with E-state index in [1.165, 1.54) is 18.6 Å². The third kappa shape index (κ3) is 5.34. The second-order valence-electron chi connectivity index (χ2n) is 7.64. The molecule has 0 spiro atoms. The lowest BCUT2D eigenvalue weighted by atomic mass is 10.1. The van der Waals surface area contributed by atoms with Gasteiger partial charge in [0.05, 0.1) is 0 Å². The van der Waals surface area contributed by atoms with Gasteiger partial charge in [-0.05, 0) is 31.4 Å². The molecule has 0 N–H and O–H groups in total. The van der Waals surface area contributed by atoms with Gasteiger partial charge in [-0.25, -0.2) is 0 Å². The number of carbonyl (C=O) groups excluding carboxylic acids is 2. The molecule has 3 aliphatic rings. The first-order valence-corrected chi connectivity index (χ1v) is 12.8. The topological polar surface area (TPSA) is 59.1 Å². The van der Waals surface area contributed by atoms with Crippen LogP contribution in [0.5, 0.6) is 11.5 Å². The molecule has 158 valence electrons. The van der Waals surface area contributed by atoms with E-state index in [4.69, 9.17) is 9.47 Å². The van der Waals surface area contributed by atoms with E-state index in [0.29, 0.717) is 44.1 Å². The van der Waals surface area contributed by atoms with E-state index in [9.17, 15) is 9.59 Å². The van der Waals surface area contributed by atoms with Crippen molar-refractivity contribution in [2.45, 2.75) is 43.5 Å². The first-order valence-electron chi connectivity index (χ1n) is 10.4. The van der Waals surface area contributed by atoms with Crippen LogP contribution in [0, 0.1) is 0 Å². The number of unbranched alkanes of at least 4 members (excludes halogenated alkanes) is 1. The average Bonchev–Trinajstić information content (AvgIpc) is 3.29. The summed E-state index contributed by atoms with van der Waals surface area (Å²) in [6, 6.07) is 7.40. The molecule has 3 heterocycles. The molecule has 29 heavy (non-hydrogen) atoms. The molecular formula is C21H28N2O4S2. The largest absolute Gasteiger partial charge is 0.485 e. The summed E-state index contributed by atoms with van der Waals surface area (Å²) < 4.78 is 11.5. The maximum atomic E-state index is 12.8. The van der Waals surface area contributed by atoms with Crippen LogP contribution in [-0.2, 0) is 9.59 Å². The van der Waals surface area contributed by atoms with Crippen LogP contribution in [0.2, 0.25) is 0 Å². The van der Waals surface area contributed by atoms with Crippen molar-refractivity contribution in [3.8, 4) is 11.5 Å². The third-order valence-electron chi connectivity index (χ3n) is 5.62. The van der Waals surface area contributed by atoms with E-state index in [2.05, 4.69) is 0 Å². The first-order chi connectivity index (χ1) is 14.2. The van der Waals surface area contributed by atoms with Crippen molar-refractivity contribution in [1.82, 2.24) is 9.80 Å². The number of hydrogen-bond acceptors (Lipinski definition) is 6. The lowest BCUT2D eigenvalue weighted by molar-refractivity contribution is -0.146. The van der Waals surface area contributed by atoms with Crippen LogP contribution >= 0.6 is 21.6 Å². The Morgan fingerprint density at radius 2 is 1.79 bits per heavy atom. The SMILES string of the molecule is O=C(CCCC[C@@H]1CCSS1)N1CCN(C(=O)C2COc3ccccc3O2)CC1. The maximum absolute atomic E-state index is 12.8.